The molecule has 0 bridgehead atoms. The second-order valence-corrected chi connectivity index (χ2v) is 15.6. The summed E-state index contributed by atoms with van der Waals surface area (Å²) in [6.45, 7) is 15.2. The summed E-state index contributed by atoms with van der Waals surface area (Å²) in [6.07, 6.45) is 5.30. The Morgan fingerprint density at radius 3 is 2.53 bits per heavy atom. The first kappa shape index (κ1) is 39.7. The second kappa shape index (κ2) is 16.5. The molecule has 16 heteroatoms. The van der Waals surface area contributed by atoms with E-state index >= 15 is 0 Å². The molecule has 58 heavy (non-hydrogen) atoms. The molecule has 6 aromatic rings. The minimum absolute atomic E-state index is 0.0653. The van der Waals surface area contributed by atoms with Crippen LogP contribution in [0.4, 0.5) is 21.7 Å². The van der Waals surface area contributed by atoms with Crippen LogP contribution in [0.5, 0.6) is 0 Å². The summed E-state index contributed by atoms with van der Waals surface area (Å²) in [5.74, 6) is 0.704. The summed E-state index contributed by atoms with van der Waals surface area (Å²) >= 11 is 0. The zero-order valence-corrected chi connectivity index (χ0v) is 33.3. The SMILES string of the molecule is Cc1cc(-c2cc(Nc3ccc(N4CCN(CCc5ccc(-n6ccc(=O)[nH]c6=O)c(F)c5)C[C@@H]4C)cn3)ncn2)ccc1[C@@H](C)NC(=O)c1nc(C(C)(C)C)no1. The zero-order valence-electron chi connectivity index (χ0n) is 33.3. The number of aromatic amines is 1. The van der Waals surface area contributed by atoms with Crippen molar-refractivity contribution in [3.8, 4) is 16.9 Å². The van der Waals surface area contributed by atoms with E-state index in [9.17, 15) is 18.8 Å². The third-order valence-corrected chi connectivity index (χ3v) is 10.2. The molecule has 1 aliphatic heterocycles. The van der Waals surface area contributed by atoms with Gasteiger partial charge in [0, 0.05) is 61.5 Å². The quantitative estimate of drug-likeness (QED) is 0.151. The molecule has 3 N–H and O–H groups in total. The highest BCUT2D eigenvalue weighted by Crippen LogP contribution is 2.28. The molecule has 1 fully saturated rings. The van der Waals surface area contributed by atoms with Gasteiger partial charge in [-0.1, -0.05) is 44.1 Å². The highest BCUT2D eigenvalue weighted by Gasteiger charge is 2.26. The number of hydrogen-bond acceptors (Lipinski definition) is 12. The molecule has 2 atom stereocenters. The maximum Gasteiger partial charge on any atom is 0.333 e. The van der Waals surface area contributed by atoms with Crippen molar-refractivity contribution in [1.29, 1.82) is 0 Å². The first-order valence-electron chi connectivity index (χ1n) is 19.1. The minimum Gasteiger partial charge on any atom is -0.365 e. The number of carbonyl (C=O) groups is 1. The number of aryl methyl sites for hydroxylation is 1. The van der Waals surface area contributed by atoms with E-state index in [0.29, 0.717) is 23.9 Å². The average molecular weight is 788 g/mol. The van der Waals surface area contributed by atoms with Gasteiger partial charge in [-0.3, -0.25) is 24.0 Å². The summed E-state index contributed by atoms with van der Waals surface area (Å²) in [6, 6.07) is 17.8. The van der Waals surface area contributed by atoms with E-state index in [4.69, 9.17) is 4.52 Å². The Kier molecular flexibility index (Phi) is 11.3. The van der Waals surface area contributed by atoms with Crippen LogP contribution in [0.2, 0.25) is 0 Å². The monoisotopic (exact) mass is 787 g/mol. The van der Waals surface area contributed by atoms with Crippen molar-refractivity contribution in [2.45, 2.75) is 65.5 Å². The summed E-state index contributed by atoms with van der Waals surface area (Å²) < 4.78 is 21.3. The maximum absolute atomic E-state index is 15.0. The van der Waals surface area contributed by atoms with E-state index in [1.165, 1.54) is 24.7 Å². The van der Waals surface area contributed by atoms with Crippen LogP contribution in [0.3, 0.4) is 0 Å². The molecule has 0 radical (unpaired) electrons. The molecule has 0 saturated carbocycles. The average Bonchev–Trinajstić information content (AvgIpc) is 3.70. The number of halogens is 1. The van der Waals surface area contributed by atoms with Gasteiger partial charge in [-0.15, -0.1) is 0 Å². The van der Waals surface area contributed by atoms with Gasteiger partial charge < -0.3 is 20.1 Å². The number of hydrogen-bond donors (Lipinski definition) is 3. The predicted octanol–water partition coefficient (Wildman–Crippen LogP) is 5.49. The fourth-order valence-electron chi connectivity index (χ4n) is 7.04. The van der Waals surface area contributed by atoms with E-state index in [0.717, 1.165) is 64.4 Å². The van der Waals surface area contributed by atoms with E-state index < -0.39 is 23.0 Å². The number of amides is 1. The van der Waals surface area contributed by atoms with Crippen molar-refractivity contribution in [2.75, 3.05) is 36.4 Å². The van der Waals surface area contributed by atoms with Crippen LogP contribution in [-0.2, 0) is 11.8 Å². The Hall–Kier alpha value is -6.55. The molecular formula is C42H46FN11O4. The lowest BCUT2D eigenvalue weighted by Gasteiger charge is -2.41. The van der Waals surface area contributed by atoms with Gasteiger partial charge in [0.15, 0.2) is 5.82 Å². The smallest absolute Gasteiger partial charge is 0.333 e. The third kappa shape index (κ3) is 9.02. The van der Waals surface area contributed by atoms with Crippen molar-refractivity contribution in [2.24, 2.45) is 0 Å². The van der Waals surface area contributed by atoms with Gasteiger partial charge in [0.2, 0.25) is 0 Å². The van der Waals surface area contributed by atoms with Crippen molar-refractivity contribution in [3.63, 3.8) is 0 Å². The number of aromatic nitrogens is 7. The number of nitrogens with zero attached hydrogens (tertiary/aromatic N) is 8. The fraction of sp³-hybridized carbons (Fsp3) is 0.333. The largest absolute Gasteiger partial charge is 0.365 e. The molecule has 15 nitrogen and oxygen atoms in total. The molecule has 0 aliphatic carbocycles. The molecule has 1 amide bonds. The van der Waals surface area contributed by atoms with Crippen LogP contribution < -0.4 is 26.8 Å². The van der Waals surface area contributed by atoms with Gasteiger partial charge in [0.25, 0.3) is 5.56 Å². The summed E-state index contributed by atoms with van der Waals surface area (Å²) in [5, 5.41) is 10.2. The fourth-order valence-corrected chi connectivity index (χ4v) is 7.04. The number of H-pyrrole nitrogens is 1. The topological polar surface area (TPSA) is 180 Å². The Morgan fingerprint density at radius 1 is 1.02 bits per heavy atom. The van der Waals surface area contributed by atoms with Gasteiger partial charge in [-0.2, -0.15) is 4.98 Å². The number of piperazine rings is 1. The molecule has 4 aromatic heterocycles. The lowest BCUT2D eigenvalue weighted by atomic mass is 9.96. The van der Waals surface area contributed by atoms with Crippen LogP contribution in [0, 0.1) is 12.7 Å². The Balaban J connectivity index is 0.917. The van der Waals surface area contributed by atoms with E-state index in [2.05, 4.69) is 57.4 Å². The Morgan fingerprint density at radius 2 is 1.84 bits per heavy atom. The third-order valence-electron chi connectivity index (χ3n) is 10.2. The van der Waals surface area contributed by atoms with Crippen LogP contribution in [0.25, 0.3) is 16.9 Å². The molecule has 300 valence electrons. The maximum atomic E-state index is 15.0. The summed E-state index contributed by atoms with van der Waals surface area (Å²) in [5.41, 5.74) is 3.96. The first-order valence-corrected chi connectivity index (χ1v) is 19.1. The molecule has 1 saturated heterocycles. The normalized spacial score (nSPS) is 15.3. The molecule has 0 spiro atoms. The van der Waals surface area contributed by atoms with Gasteiger partial charge in [-0.05, 0) is 74.2 Å². The first-order chi connectivity index (χ1) is 27.7. The number of benzene rings is 2. The number of nitrogens with one attached hydrogen (secondary N) is 3. The highest BCUT2D eigenvalue weighted by atomic mass is 19.1. The minimum atomic E-state index is -0.684. The van der Waals surface area contributed by atoms with Crippen LogP contribution >= 0.6 is 0 Å². The molecule has 7 rings (SSSR count). The summed E-state index contributed by atoms with van der Waals surface area (Å²) in [4.78, 5) is 61.1. The number of anilines is 3. The molecule has 1 aliphatic rings. The van der Waals surface area contributed by atoms with Crippen LogP contribution in [0.15, 0.2) is 93.5 Å². The highest BCUT2D eigenvalue weighted by molar-refractivity contribution is 5.89. The summed E-state index contributed by atoms with van der Waals surface area (Å²) in [7, 11) is 0. The van der Waals surface area contributed by atoms with Crippen molar-refractivity contribution in [1.82, 2.24) is 44.9 Å². The molecule has 5 heterocycles. The van der Waals surface area contributed by atoms with Crippen molar-refractivity contribution >= 4 is 23.2 Å². The Labute approximate surface area is 334 Å². The second-order valence-electron chi connectivity index (χ2n) is 15.6. The van der Waals surface area contributed by atoms with Crippen LogP contribution in [0.1, 0.15) is 73.9 Å². The zero-order chi connectivity index (χ0) is 41.1. The molecule has 2 aromatic carbocycles. The van der Waals surface area contributed by atoms with E-state index in [1.807, 2.05) is 83.3 Å². The Bertz CT molecular complexity index is 2540. The molecule has 0 unspecified atom stereocenters. The van der Waals surface area contributed by atoms with Gasteiger partial charge in [-0.25, -0.2) is 24.1 Å². The molecular weight excluding hydrogens is 742 g/mol. The lowest BCUT2D eigenvalue weighted by molar-refractivity contribution is 0.0895. The van der Waals surface area contributed by atoms with Gasteiger partial charge in [0.05, 0.1) is 29.3 Å². The number of carbonyl (C=O) groups excluding carboxylic acids is 1. The van der Waals surface area contributed by atoms with Crippen molar-refractivity contribution in [3.05, 3.63) is 134 Å². The van der Waals surface area contributed by atoms with E-state index in [1.54, 1.807) is 6.07 Å². The van der Waals surface area contributed by atoms with E-state index in [-0.39, 0.29) is 29.1 Å². The van der Waals surface area contributed by atoms with Crippen molar-refractivity contribution < 1.29 is 13.7 Å². The van der Waals surface area contributed by atoms with Gasteiger partial charge >= 0.3 is 17.5 Å². The lowest BCUT2D eigenvalue weighted by Crippen LogP contribution is -2.52. The number of pyridine rings is 1. The van der Waals surface area contributed by atoms with Gasteiger partial charge in [0.1, 0.15) is 23.8 Å². The number of rotatable bonds is 11. The predicted molar refractivity (Wildman–Crippen MR) is 218 cm³/mol. The standard InChI is InChI=1S/C42H46FN11O4/c1-25-19-29(8-10-31(25)27(3)47-38(56)39-50-40(51-58-39)42(4,5)6)33-21-36(46-24-45-33)48-35-12-9-30(22-44-35)53-18-17-52(23-26(53)2)15-13-28-7-11-34(32(43)20-28)54-16-14-37(55)49-41(54)57/h7-12,14,16,19-22,24,26-27H,13,15,17-18,23H2,1-6H3,(H,47,56)(H,49,55,57)(H,44,45,46,48)/t26-,27+/m0/s1. The van der Waals surface area contributed by atoms with Crippen LogP contribution in [-0.4, -0.2) is 77.7 Å².